The van der Waals surface area contributed by atoms with Crippen LogP contribution in [0.2, 0.25) is 0 Å². The number of hydrogen-bond donors (Lipinski definition) is 0. The molecule has 0 saturated carbocycles. The third kappa shape index (κ3) is 6.66. The van der Waals surface area contributed by atoms with Crippen molar-refractivity contribution in [3.8, 4) is 44.8 Å². The topological polar surface area (TPSA) is 25.8 Å². The SMILES string of the molecule is CC(C)(C)c1ccnc(-c2[c-]ccc(-c3ccccc3)c2)c1.CC1(C)c2ccc3ccccc3c2-c2ccnc(-c3[c-]cc4ccc5ccccc5c4c3)c21.[Ir]. The third-order valence-corrected chi connectivity index (χ3v) is 11.2. The average molecular weight is 899 g/mol. The Morgan fingerprint density at radius 1 is 0.554 bits per heavy atom. The molecule has 3 heteroatoms. The summed E-state index contributed by atoms with van der Waals surface area (Å²) in [4.78, 5) is 9.46. The fourth-order valence-electron chi connectivity index (χ4n) is 8.27. The first kappa shape index (κ1) is 37.2. The molecule has 275 valence electrons. The summed E-state index contributed by atoms with van der Waals surface area (Å²) in [5.41, 5.74) is 13.1. The molecule has 0 unspecified atom stereocenters. The molecule has 2 heterocycles. The monoisotopic (exact) mass is 899 g/mol. The number of pyridine rings is 2. The van der Waals surface area contributed by atoms with E-state index in [4.69, 9.17) is 4.98 Å². The molecule has 1 aliphatic carbocycles. The Labute approximate surface area is 343 Å². The molecule has 0 amide bonds. The summed E-state index contributed by atoms with van der Waals surface area (Å²) < 4.78 is 0. The van der Waals surface area contributed by atoms with Gasteiger partial charge in [-0.3, -0.25) is 0 Å². The Morgan fingerprint density at radius 3 is 2.02 bits per heavy atom. The minimum atomic E-state index is -0.139. The molecule has 7 aromatic carbocycles. The normalized spacial score (nSPS) is 12.7. The minimum absolute atomic E-state index is 0. The molecule has 0 spiro atoms. The summed E-state index contributed by atoms with van der Waals surface area (Å²) >= 11 is 0. The molecule has 0 N–H and O–H groups in total. The predicted molar refractivity (Wildman–Crippen MR) is 231 cm³/mol. The van der Waals surface area contributed by atoms with Gasteiger partial charge in [-0.05, 0) is 83.9 Å². The van der Waals surface area contributed by atoms with Gasteiger partial charge in [0.2, 0.25) is 0 Å². The summed E-state index contributed by atoms with van der Waals surface area (Å²) in [6, 6.07) is 60.5. The molecule has 2 nitrogen and oxygen atoms in total. The van der Waals surface area contributed by atoms with Gasteiger partial charge in [0, 0.05) is 37.9 Å². The number of hydrogen-bond acceptors (Lipinski definition) is 2. The molecule has 0 fully saturated rings. The van der Waals surface area contributed by atoms with Gasteiger partial charge in [0.25, 0.3) is 0 Å². The molecule has 0 aliphatic heterocycles. The standard InChI is InChI=1S/C32H22N.C21H20N.Ir/c1-32(2)28-16-15-21-8-4-6-10-25(21)29(28)26-17-18-33-31(30(26)32)23-14-13-22-12-11-20-7-3-5-9-24(20)27(22)19-23;1-21(2,3)19-12-13-22-20(15-19)18-11-7-10-17(14-18)16-8-5-4-6-9-16;/h3-13,15-19H,1-2H3;4-10,12-15H,1-3H3;/q2*-1;. The molecule has 9 aromatic rings. The molecule has 56 heavy (non-hydrogen) atoms. The number of benzene rings is 7. The summed E-state index contributed by atoms with van der Waals surface area (Å²) in [5.74, 6) is 0. The van der Waals surface area contributed by atoms with E-state index in [0.717, 1.165) is 22.5 Å². The van der Waals surface area contributed by atoms with E-state index in [0.29, 0.717) is 0 Å². The van der Waals surface area contributed by atoms with Crippen LogP contribution >= 0.6 is 0 Å². The number of fused-ring (bicyclic) bond motifs is 8. The average Bonchev–Trinajstić information content (AvgIpc) is 3.47. The van der Waals surface area contributed by atoms with Gasteiger partial charge in [-0.2, -0.15) is 0 Å². The van der Waals surface area contributed by atoms with Gasteiger partial charge in [-0.15, -0.1) is 59.2 Å². The second-order valence-corrected chi connectivity index (χ2v) is 16.1. The van der Waals surface area contributed by atoms with E-state index < -0.39 is 0 Å². The number of aromatic nitrogens is 2. The van der Waals surface area contributed by atoms with Crippen molar-refractivity contribution in [2.45, 2.75) is 45.4 Å². The van der Waals surface area contributed by atoms with E-state index in [-0.39, 0.29) is 30.9 Å². The van der Waals surface area contributed by atoms with Crippen molar-refractivity contribution in [2.75, 3.05) is 0 Å². The largest absolute Gasteiger partial charge is 0.305 e. The van der Waals surface area contributed by atoms with Crippen LogP contribution in [0.3, 0.4) is 0 Å². The second kappa shape index (κ2) is 14.7. The van der Waals surface area contributed by atoms with Crippen molar-refractivity contribution in [1.29, 1.82) is 0 Å². The van der Waals surface area contributed by atoms with Crippen molar-refractivity contribution in [2.24, 2.45) is 0 Å². The first-order chi connectivity index (χ1) is 26.7. The van der Waals surface area contributed by atoms with E-state index in [2.05, 4.69) is 191 Å². The zero-order chi connectivity index (χ0) is 37.7. The van der Waals surface area contributed by atoms with Crippen LogP contribution < -0.4 is 0 Å². The van der Waals surface area contributed by atoms with Crippen LogP contribution in [0.15, 0.2) is 164 Å². The minimum Gasteiger partial charge on any atom is -0.305 e. The quantitative estimate of drug-likeness (QED) is 0.130. The maximum atomic E-state index is 4.93. The Morgan fingerprint density at radius 2 is 1.23 bits per heavy atom. The van der Waals surface area contributed by atoms with Crippen LogP contribution in [0.4, 0.5) is 0 Å². The summed E-state index contributed by atoms with van der Waals surface area (Å²) in [6.07, 6.45) is 3.85. The number of rotatable bonds is 3. The maximum Gasteiger partial charge on any atom is 0.0167 e. The van der Waals surface area contributed by atoms with Crippen molar-refractivity contribution in [3.63, 3.8) is 0 Å². The van der Waals surface area contributed by atoms with Crippen molar-refractivity contribution in [1.82, 2.24) is 9.97 Å². The van der Waals surface area contributed by atoms with E-state index >= 15 is 0 Å². The Bertz CT molecular complexity index is 2880. The van der Waals surface area contributed by atoms with Crippen molar-refractivity contribution >= 4 is 32.3 Å². The molecular formula is C53H42IrN2-2. The van der Waals surface area contributed by atoms with Gasteiger partial charge in [-0.1, -0.05) is 155 Å². The zero-order valence-electron chi connectivity index (χ0n) is 32.3. The van der Waals surface area contributed by atoms with Crippen LogP contribution in [0.5, 0.6) is 0 Å². The van der Waals surface area contributed by atoms with Crippen LogP contribution in [-0.4, -0.2) is 9.97 Å². The van der Waals surface area contributed by atoms with Crippen LogP contribution in [-0.2, 0) is 30.9 Å². The molecule has 1 radical (unpaired) electrons. The Hall–Kier alpha value is -5.73. The Balaban J connectivity index is 0.000000168. The molecule has 1 aliphatic rings. The smallest absolute Gasteiger partial charge is 0.0167 e. The Kier molecular flexibility index (Phi) is 9.79. The van der Waals surface area contributed by atoms with Gasteiger partial charge in [0.15, 0.2) is 0 Å². The first-order valence-electron chi connectivity index (χ1n) is 19.1. The molecule has 2 aromatic heterocycles. The zero-order valence-corrected chi connectivity index (χ0v) is 34.7. The first-order valence-corrected chi connectivity index (χ1v) is 19.1. The summed E-state index contributed by atoms with van der Waals surface area (Å²) in [6.45, 7) is 11.3. The summed E-state index contributed by atoms with van der Waals surface area (Å²) in [7, 11) is 0. The maximum absolute atomic E-state index is 4.93. The van der Waals surface area contributed by atoms with Gasteiger partial charge in [0.1, 0.15) is 0 Å². The second-order valence-electron chi connectivity index (χ2n) is 16.1. The van der Waals surface area contributed by atoms with E-state index in [1.165, 1.54) is 71.3 Å². The third-order valence-electron chi connectivity index (χ3n) is 11.2. The number of nitrogens with zero attached hydrogens (tertiary/aromatic N) is 2. The molecular weight excluding hydrogens is 857 g/mol. The van der Waals surface area contributed by atoms with Crippen LogP contribution in [0, 0.1) is 12.1 Å². The molecule has 0 bridgehead atoms. The van der Waals surface area contributed by atoms with E-state index in [9.17, 15) is 0 Å². The fourth-order valence-corrected chi connectivity index (χ4v) is 8.27. The van der Waals surface area contributed by atoms with Gasteiger partial charge in [-0.25, -0.2) is 0 Å². The predicted octanol–water partition coefficient (Wildman–Crippen LogP) is 13.8. The summed E-state index contributed by atoms with van der Waals surface area (Å²) in [5, 5.41) is 7.58. The van der Waals surface area contributed by atoms with Gasteiger partial charge >= 0.3 is 0 Å². The van der Waals surface area contributed by atoms with Crippen molar-refractivity contribution < 1.29 is 20.1 Å². The van der Waals surface area contributed by atoms with Crippen LogP contribution in [0.1, 0.15) is 51.3 Å². The molecule has 0 atom stereocenters. The van der Waals surface area contributed by atoms with Gasteiger partial charge in [0.05, 0.1) is 0 Å². The molecule has 0 saturated heterocycles. The fraction of sp³-hybridized carbons (Fsp3) is 0.132. The van der Waals surface area contributed by atoms with Gasteiger partial charge < -0.3 is 9.97 Å². The van der Waals surface area contributed by atoms with Crippen molar-refractivity contribution in [3.05, 3.63) is 193 Å². The molecule has 10 rings (SSSR count). The van der Waals surface area contributed by atoms with Crippen LogP contribution in [0.25, 0.3) is 77.1 Å². The van der Waals surface area contributed by atoms with E-state index in [1.807, 2.05) is 24.5 Å². The van der Waals surface area contributed by atoms with E-state index in [1.54, 1.807) is 0 Å².